The van der Waals surface area contributed by atoms with Gasteiger partial charge in [-0.15, -0.1) is 0 Å². The Morgan fingerprint density at radius 1 is 0.974 bits per heavy atom. The number of nitrogens with zero attached hydrogens (tertiary/aromatic N) is 5. The normalized spacial score (nSPS) is 11.2. The van der Waals surface area contributed by atoms with E-state index < -0.39 is 36.7 Å². The smallest absolute Gasteiger partial charge is 0.355 e. The first-order valence-electron chi connectivity index (χ1n) is 11.6. The Labute approximate surface area is 226 Å². The molecule has 0 aliphatic carbocycles. The average molecular weight is 551 g/mol. The van der Waals surface area contributed by atoms with Gasteiger partial charge in [-0.1, -0.05) is 29.8 Å². The molecule has 0 bridgehead atoms. The fourth-order valence-corrected chi connectivity index (χ4v) is 3.64. The summed E-state index contributed by atoms with van der Waals surface area (Å²) >= 11 is 5.97. The number of aliphatic hydroxyl groups is 3. The third kappa shape index (κ3) is 6.67. The first-order chi connectivity index (χ1) is 18.7. The predicted octanol–water partition coefficient (Wildman–Crippen LogP) is 1.62. The molecule has 2 heterocycles. The van der Waals surface area contributed by atoms with Crippen LogP contribution in [0.15, 0.2) is 76.3 Å². The highest BCUT2D eigenvalue weighted by Gasteiger charge is 2.28. The van der Waals surface area contributed by atoms with Gasteiger partial charge in [0.25, 0.3) is 0 Å². The SMILES string of the molecule is N#Cc1cccc(Oc2ccc(Nc3nc(=O)n(CC(O)(CO)CO)c(=O)n3Cc3ccc(Cl)cc3)cc2)n1. The maximum absolute atomic E-state index is 13.4. The lowest BCUT2D eigenvalue weighted by molar-refractivity contribution is -0.0675. The fraction of sp³-hybridized carbons (Fsp3) is 0.192. The molecule has 2 aromatic heterocycles. The van der Waals surface area contributed by atoms with E-state index in [9.17, 15) is 24.9 Å². The number of nitriles is 1. The number of hydrogen-bond donors (Lipinski definition) is 4. The van der Waals surface area contributed by atoms with Gasteiger partial charge in [0.15, 0.2) is 0 Å². The van der Waals surface area contributed by atoms with E-state index in [-0.39, 0.29) is 24.1 Å². The second-order valence-corrected chi connectivity index (χ2v) is 9.00. The number of aromatic nitrogens is 4. The molecular weight excluding hydrogens is 528 g/mol. The van der Waals surface area contributed by atoms with Gasteiger partial charge < -0.3 is 25.4 Å². The molecule has 13 heteroatoms. The Hall–Kier alpha value is -4.54. The van der Waals surface area contributed by atoms with Gasteiger partial charge in [0.2, 0.25) is 11.8 Å². The average Bonchev–Trinajstić information content (AvgIpc) is 2.95. The minimum atomic E-state index is -2.10. The zero-order chi connectivity index (χ0) is 28.0. The first-order valence-corrected chi connectivity index (χ1v) is 11.9. The highest BCUT2D eigenvalue weighted by atomic mass is 35.5. The second kappa shape index (κ2) is 11.9. The van der Waals surface area contributed by atoms with Crippen molar-refractivity contribution in [1.82, 2.24) is 19.1 Å². The Morgan fingerprint density at radius 2 is 1.67 bits per heavy atom. The van der Waals surface area contributed by atoms with Gasteiger partial charge in [-0.05, 0) is 48.0 Å². The van der Waals surface area contributed by atoms with Gasteiger partial charge in [-0.25, -0.2) is 19.1 Å². The molecule has 0 amide bonds. The molecule has 200 valence electrons. The maximum atomic E-state index is 13.4. The van der Waals surface area contributed by atoms with E-state index in [1.165, 1.54) is 4.57 Å². The molecule has 2 aromatic carbocycles. The maximum Gasteiger partial charge on any atom is 0.355 e. The molecule has 0 saturated heterocycles. The lowest BCUT2D eigenvalue weighted by atomic mass is 10.1. The van der Waals surface area contributed by atoms with Gasteiger partial charge in [0.05, 0.1) is 26.3 Å². The quantitative estimate of drug-likeness (QED) is 0.227. The minimum Gasteiger partial charge on any atom is -0.439 e. The Morgan fingerprint density at radius 3 is 2.31 bits per heavy atom. The molecule has 4 N–H and O–H groups in total. The summed E-state index contributed by atoms with van der Waals surface area (Å²) in [5, 5.41) is 41.6. The molecule has 0 spiro atoms. The molecular formula is C26H23ClN6O6. The fourth-order valence-electron chi connectivity index (χ4n) is 3.51. The van der Waals surface area contributed by atoms with Crippen molar-refractivity contribution in [1.29, 1.82) is 5.26 Å². The standard InChI is InChI=1S/C26H23ClN6O6/c27-18-6-4-17(5-7-18)13-32-23(31-24(36)33(25(32)37)14-26(38,15-34)16-35)30-19-8-10-21(11-9-19)39-22-3-1-2-20(12-28)29-22/h1-11,34-35,38H,13-16H2,(H,30,31,36). The summed E-state index contributed by atoms with van der Waals surface area (Å²) in [6.45, 7) is -2.43. The van der Waals surface area contributed by atoms with Gasteiger partial charge in [-0.3, -0.25) is 4.57 Å². The number of halogens is 1. The first kappa shape index (κ1) is 27.5. The van der Waals surface area contributed by atoms with Crippen LogP contribution in [-0.4, -0.2) is 53.2 Å². The highest BCUT2D eigenvalue weighted by Crippen LogP contribution is 2.23. The van der Waals surface area contributed by atoms with E-state index in [1.54, 1.807) is 66.7 Å². The van der Waals surface area contributed by atoms with Crippen molar-refractivity contribution in [2.75, 3.05) is 18.5 Å². The van der Waals surface area contributed by atoms with Gasteiger partial charge in [0, 0.05) is 16.8 Å². The summed E-state index contributed by atoms with van der Waals surface area (Å²) < 4.78 is 7.50. The molecule has 0 fully saturated rings. The zero-order valence-electron chi connectivity index (χ0n) is 20.4. The van der Waals surface area contributed by atoms with Gasteiger partial charge in [0.1, 0.15) is 23.1 Å². The molecule has 4 rings (SSSR count). The van der Waals surface area contributed by atoms with Crippen LogP contribution in [0.4, 0.5) is 11.6 Å². The number of hydrogen-bond acceptors (Lipinski definition) is 10. The van der Waals surface area contributed by atoms with E-state index in [2.05, 4.69) is 15.3 Å². The molecule has 39 heavy (non-hydrogen) atoms. The molecule has 12 nitrogen and oxygen atoms in total. The molecule has 0 aliphatic rings. The lowest BCUT2D eigenvalue weighted by Crippen LogP contribution is -2.51. The topological polar surface area (TPSA) is 176 Å². The van der Waals surface area contributed by atoms with E-state index in [4.69, 9.17) is 21.6 Å². The van der Waals surface area contributed by atoms with Crippen LogP contribution in [0.25, 0.3) is 0 Å². The summed E-state index contributed by atoms with van der Waals surface area (Å²) in [5.41, 5.74) is -2.56. The highest BCUT2D eigenvalue weighted by molar-refractivity contribution is 6.30. The van der Waals surface area contributed by atoms with Crippen molar-refractivity contribution in [3.63, 3.8) is 0 Å². The zero-order valence-corrected chi connectivity index (χ0v) is 21.1. The van der Waals surface area contributed by atoms with Crippen LogP contribution >= 0.6 is 11.6 Å². The van der Waals surface area contributed by atoms with Crippen LogP contribution in [0.1, 0.15) is 11.3 Å². The number of pyridine rings is 1. The van der Waals surface area contributed by atoms with Crippen LogP contribution in [0, 0.1) is 11.3 Å². The summed E-state index contributed by atoms with van der Waals surface area (Å²) in [7, 11) is 0. The van der Waals surface area contributed by atoms with Crippen LogP contribution in [0.5, 0.6) is 11.6 Å². The number of benzene rings is 2. The molecule has 0 aliphatic heterocycles. The van der Waals surface area contributed by atoms with Crippen molar-refractivity contribution >= 4 is 23.2 Å². The summed E-state index contributed by atoms with van der Waals surface area (Å²) in [4.78, 5) is 34.2. The number of ether oxygens (including phenoxy) is 1. The Bertz CT molecular complexity index is 1610. The summed E-state index contributed by atoms with van der Waals surface area (Å²) in [6.07, 6.45) is 0. The number of aliphatic hydroxyl groups excluding tert-OH is 2. The van der Waals surface area contributed by atoms with Crippen LogP contribution < -0.4 is 21.4 Å². The van der Waals surface area contributed by atoms with Crippen molar-refractivity contribution in [3.05, 3.63) is 104 Å². The molecule has 0 radical (unpaired) electrons. The van der Waals surface area contributed by atoms with E-state index in [0.717, 1.165) is 0 Å². The monoisotopic (exact) mass is 550 g/mol. The van der Waals surface area contributed by atoms with E-state index in [1.807, 2.05) is 6.07 Å². The third-order valence-electron chi connectivity index (χ3n) is 5.62. The van der Waals surface area contributed by atoms with E-state index >= 15 is 0 Å². The van der Waals surface area contributed by atoms with E-state index in [0.29, 0.717) is 26.6 Å². The van der Waals surface area contributed by atoms with Gasteiger partial charge >= 0.3 is 11.4 Å². The number of nitrogens with one attached hydrogen (secondary N) is 1. The Balaban J connectivity index is 1.66. The third-order valence-corrected chi connectivity index (χ3v) is 5.87. The van der Waals surface area contributed by atoms with Crippen LogP contribution in [0.2, 0.25) is 5.02 Å². The van der Waals surface area contributed by atoms with Crippen LogP contribution in [-0.2, 0) is 13.1 Å². The number of anilines is 2. The summed E-state index contributed by atoms with van der Waals surface area (Å²) in [6, 6.07) is 19.9. The summed E-state index contributed by atoms with van der Waals surface area (Å²) in [5.74, 6) is 0.588. The lowest BCUT2D eigenvalue weighted by Gasteiger charge is -2.24. The van der Waals surface area contributed by atoms with Crippen molar-refractivity contribution in [2.45, 2.75) is 18.7 Å². The molecule has 0 saturated carbocycles. The number of rotatable bonds is 10. The minimum absolute atomic E-state index is 0.00953. The largest absolute Gasteiger partial charge is 0.439 e. The van der Waals surface area contributed by atoms with Crippen molar-refractivity contribution in [3.8, 4) is 17.7 Å². The molecule has 0 unspecified atom stereocenters. The van der Waals surface area contributed by atoms with Gasteiger partial charge in [-0.2, -0.15) is 10.2 Å². The van der Waals surface area contributed by atoms with Crippen molar-refractivity contribution in [2.24, 2.45) is 0 Å². The predicted molar refractivity (Wildman–Crippen MR) is 141 cm³/mol. The van der Waals surface area contributed by atoms with Crippen molar-refractivity contribution < 1.29 is 20.1 Å². The second-order valence-electron chi connectivity index (χ2n) is 8.56. The Kier molecular flexibility index (Phi) is 8.38. The molecule has 0 atom stereocenters. The van der Waals surface area contributed by atoms with Crippen LogP contribution in [0.3, 0.4) is 0 Å². The molecule has 4 aromatic rings.